The highest BCUT2D eigenvalue weighted by molar-refractivity contribution is 5.77. The summed E-state index contributed by atoms with van der Waals surface area (Å²) in [6.45, 7) is 5.11. The van der Waals surface area contributed by atoms with Crippen molar-refractivity contribution in [1.82, 2.24) is 4.90 Å². The first-order valence-electron chi connectivity index (χ1n) is 9.99. The number of phenols is 1. The molecule has 0 atom stereocenters. The minimum atomic E-state index is -0.195. The van der Waals surface area contributed by atoms with Crippen molar-refractivity contribution < 1.29 is 19.4 Å². The third-order valence-corrected chi connectivity index (χ3v) is 5.38. The molecular formula is C24H27NO4. The largest absolute Gasteiger partial charge is 0.508 e. The van der Waals surface area contributed by atoms with Crippen LogP contribution in [0.2, 0.25) is 0 Å². The van der Waals surface area contributed by atoms with E-state index in [2.05, 4.69) is 6.58 Å². The molecule has 152 valence electrons. The number of hydrogen-bond donors (Lipinski definition) is 1. The summed E-state index contributed by atoms with van der Waals surface area (Å²) in [5.41, 5.74) is 2.75. The molecule has 0 saturated carbocycles. The van der Waals surface area contributed by atoms with E-state index in [4.69, 9.17) is 4.74 Å². The Labute approximate surface area is 171 Å². The molecule has 1 aliphatic rings. The van der Waals surface area contributed by atoms with Gasteiger partial charge in [0.2, 0.25) is 5.91 Å². The van der Waals surface area contributed by atoms with Gasteiger partial charge in [0.05, 0.1) is 5.92 Å². The fraction of sp³-hybridized carbons (Fsp3) is 0.333. The first-order valence-corrected chi connectivity index (χ1v) is 9.99. The predicted molar refractivity (Wildman–Crippen MR) is 112 cm³/mol. The zero-order valence-corrected chi connectivity index (χ0v) is 16.5. The van der Waals surface area contributed by atoms with Crippen LogP contribution in [0.25, 0.3) is 6.08 Å². The normalized spacial score (nSPS) is 14.4. The first-order chi connectivity index (χ1) is 14.1. The van der Waals surface area contributed by atoms with Gasteiger partial charge in [-0.25, -0.2) is 0 Å². The van der Waals surface area contributed by atoms with Gasteiger partial charge in [-0.3, -0.25) is 9.59 Å². The highest BCUT2D eigenvalue weighted by Gasteiger charge is 2.28. The lowest BCUT2D eigenvalue weighted by Gasteiger charge is -2.31. The molecule has 2 aromatic carbocycles. The fourth-order valence-corrected chi connectivity index (χ4v) is 3.51. The molecule has 1 amide bonds. The molecule has 5 nitrogen and oxygen atoms in total. The van der Waals surface area contributed by atoms with Gasteiger partial charge in [0.25, 0.3) is 0 Å². The maximum absolute atomic E-state index is 12.4. The molecule has 5 heteroatoms. The molecule has 1 saturated heterocycles. The minimum Gasteiger partial charge on any atom is -0.508 e. The number of aryl methyl sites for hydroxylation is 1. The van der Waals surface area contributed by atoms with Gasteiger partial charge in [0.15, 0.2) is 0 Å². The van der Waals surface area contributed by atoms with Crippen LogP contribution in [0, 0.1) is 5.92 Å². The molecule has 1 fully saturated rings. The van der Waals surface area contributed by atoms with Crippen LogP contribution in [0.1, 0.15) is 36.0 Å². The van der Waals surface area contributed by atoms with Crippen molar-refractivity contribution in [3.63, 3.8) is 0 Å². The molecule has 0 aromatic heterocycles. The molecule has 2 aromatic rings. The Morgan fingerprint density at radius 3 is 2.45 bits per heavy atom. The topological polar surface area (TPSA) is 66.8 Å². The number of piperidine rings is 1. The predicted octanol–water partition coefficient (Wildman–Crippen LogP) is 3.95. The smallest absolute Gasteiger partial charge is 0.309 e. The molecule has 1 heterocycles. The van der Waals surface area contributed by atoms with Gasteiger partial charge < -0.3 is 14.7 Å². The third kappa shape index (κ3) is 5.70. The number of benzene rings is 2. The Bertz CT molecular complexity index is 851. The van der Waals surface area contributed by atoms with E-state index >= 15 is 0 Å². The zero-order valence-electron chi connectivity index (χ0n) is 16.5. The molecule has 0 spiro atoms. The number of likely N-dealkylation sites (tertiary alicyclic amines) is 1. The number of esters is 1. The van der Waals surface area contributed by atoms with Crippen LogP contribution in [-0.4, -0.2) is 35.0 Å². The lowest BCUT2D eigenvalue weighted by molar-refractivity contribution is -0.153. The van der Waals surface area contributed by atoms with Gasteiger partial charge >= 0.3 is 5.97 Å². The van der Waals surface area contributed by atoms with E-state index in [-0.39, 0.29) is 30.2 Å². The lowest BCUT2D eigenvalue weighted by atomic mass is 9.96. The molecule has 29 heavy (non-hydrogen) atoms. The zero-order chi connectivity index (χ0) is 20.6. The Kier molecular flexibility index (Phi) is 7.06. The summed E-state index contributed by atoms with van der Waals surface area (Å²) < 4.78 is 5.46. The third-order valence-electron chi connectivity index (χ3n) is 5.38. The van der Waals surface area contributed by atoms with Crippen molar-refractivity contribution in [2.24, 2.45) is 5.92 Å². The standard InChI is InChI=1S/C24H27NO4/c1-2-18-7-9-19(10-8-18)17-29-24(28)21-13-15-25(16-14-21)23(27)12-11-20-5-3-4-6-22(20)26/h2-10,21,26H,1,11-17H2. The second-order valence-corrected chi connectivity index (χ2v) is 7.34. The second-order valence-electron chi connectivity index (χ2n) is 7.34. The summed E-state index contributed by atoms with van der Waals surface area (Å²) in [6.07, 6.45) is 3.88. The minimum absolute atomic E-state index is 0.0578. The number of rotatable bonds is 7. The summed E-state index contributed by atoms with van der Waals surface area (Å²) in [4.78, 5) is 26.6. The van der Waals surface area contributed by atoms with Crippen LogP contribution in [-0.2, 0) is 27.4 Å². The number of ether oxygens (including phenoxy) is 1. The van der Waals surface area contributed by atoms with Crippen LogP contribution in [0.15, 0.2) is 55.1 Å². The van der Waals surface area contributed by atoms with Crippen LogP contribution >= 0.6 is 0 Å². The molecule has 0 unspecified atom stereocenters. The molecule has 1 aliphatic heterocycles. The van der Waals surface area contributed by atoms with Gasteiger partial charge in [-0.2, -0.15) is 0 Å². The SMILES string of the molecule is C=Cc1ccc(COC(=O)C2CCN(C(=O)CCc3ccccc3O)CC2)cc1. The Morgan fingerprint density at radius 2 is 1.79 bits per heavy atom. The number of carbonyl (C=O) groups is 2. The van der Waals surface area contributed by atoms with Gasteiger partial charge in [0, 0.05) is 19.5 Å². The van der Waals surface area contributed by atoms with E-state index in [1.807, 2.05) is 36.4 Å². The van der Waals surface area contributed by atoms with Crippen molar-refractivity contribution in [3.8, 4) is 5.75 Å². The quantitative estimate of drug-likeness (QED) is 0.724. The first kappa shape index (κ1) is 20.6. The maximum atomic E-state index is 12.4. The van der Waals surface area contributed by atoms with Crippen LogP contribution < -0.4 is 0 Å². The summed E-state index contributed by atoms with van der Waals surface area (Å²) in [5, 5.41) is 9.81. The average Bonchev–Trinajstić information content (AvgIpc) is 2.77. The van der Waals surface area contributed by atoms with Crippen molar-refractivity contribution in [2.45, 2.75) is 32.3 Å². The van der Waals surface area contributed by atoms with E-state index in [9.17, 15) is 14.7 Å². The second kappa shape index (κ2) is 9.92. The van der Waals surface area contributed by atoms with Crippen molar-refractivity contribution in [2.75, 3.05) is 13.1 Å². The number of carbonyl (C=O) groups excluding carboxylic acids is 2. The van der Waals surface area contributed by atoms with Crippen LogP contribution in [0.5, 0.6) is 5.75 Å². The van der Waals surface area contributed by atoms with E-state index in [1.165, 1.54) is 0 Å². The number of amides is 1. The maximum Gasteiger partial charge on any atom is 0.309 e. The van der Waals surface area contributed by atoms with Crippen molar-refractivity contribution >= 4 is 18.0 Å². The molecule has 0 bridgehead atoms. The number of nitrogens with zero attached hydrogens (tertiary/aromatic N) is 1. The lowest BCUT2D eigenvalue weighted by Crippen LogP contribution is -2.40. The van der Waals surface area contributed by atoms with Gasteiger partial charge in [0.1, 0.15) is 12.4 Å². The molecule has 0 aliphatic carbocycles. The fourth-order valence-electron chi connectivity index (χ4n) is 3.51. The summed E-state index contributed by atoms with van der Waals surface area (Å²) in [7, 11) is 0. The van der Waals surface area contributed by atoms with Crippen molar-refractivity contribution in [1.29, 1.82) is 0 Å². The van der Waals surface area contributed by atoms with E-state index in [1.54, 1.807) is 23.1 Å². The van der Waals surface area contributed by atoms with Gasteiger partial charge in [-0.05, 0) is 42.0 Å². The average molecular weight is 393 g/mol. The Hall–Kier alpha value is -3.08. The number of phenolic OH excluding ortho intramolecular Hbond substituents is 1. The van der Waals surface area contributed by atoms with Gasteiger partial charge in [-0.1, -0.05) is 55.1 Å². The summed E-state index contributed by atoms with van der Waals surface area (Å²) in [5.74, 6) is -0.0768. The van der Waals surface area contributed by atoms with Crippen molar-refractivity contribution in [3.05, 3.63) is 71.8 Å². The van der Waals surface area contributed by atoms with E-state index < -0.39 is 0 Å². The number of aromatic hydroxyl groups is 1. The molecular weight excluding hydrogens is 366 g/mol. The van der Waals surface area contributed by atoms with Crippen LogP contribution in [0.3, 0.4) is 0 Å². The number of para-hydroxylation sites is 1. The van der Waals surface area contributed by atoms with E-state index in [0.29, 0.717) is 38.8 Å². The summed E-state index contributed by atoms with van der Waals surface area (Å²) in [6, 6.07) is 14.8. The number of hydrogen-bond acceptors (Lipinski definition) is 4. The molecule has 0 radical (unpaired) electrons. The highest BCUT2D eigenvalue weighted by Crippen LogP contribution is 2.22. The monoisotopic (exact) mass is 393 g/mol. The Morgan fingerprint density at radius 1 is 1.10 bits per heavy atom. The molecule has 1 N–H and O–H groups in total. The van der Waals surface area contributed by atoms with Gasteiger partial charge in [-0.15, -0.1) is 0 Å². The molecule has 3 rings (SSSR count). The summed E-state index contributed by atoms with van der Waals surface area (Å²) >= 11 is 0. The van der Waals surface area contributed by atoms with Crippen LogP contribution in [0.4, 0.5) is 0 Å². The highest BCUT2D eigenvalue weighted by atomic mass is 16.5. The van der Waals surface area contributed by atoms with E-state index in [0.717, 1.165) is 16.7 Å². The Balaban J connectivity index is 1.40.